The molecule has 5 nitrogen and oxygen atoms in total. The molecule has 3 N–H and O–H groups in total. The second-order valence-electron chi connectivity index (χ2n) is 5.12. The standard InChI is InChI=1S/C16H17ClN2O3S/c1-8-4-5-11(17)12(6-8)22-7-13(20)19-16-14(15(18)21)9(2)10(3)23-16/h4-6H,7H2,1-3H3,(H2,18,21)(H,19,20). The lowest BCUT2D eigenvalue weighted by molar-refractivity contribution is -0.118. The van der Waals surface area contributed by atoms with Crippen molar-refractivity contribution in [3.63, 3.8) is 0 Å². The number of ether oxygens (including phenoxy) is 1. The van der Waals surface area contributed by atoms with E-state index in [9.17, 15) is 9.59 Å². The van der Waals surface area contributed by atoms with Crippen molar-refractivity contribution >= 4 is 39.8 Å². The molecule has 2 rings (SSSR count). The molecule has 0 aliphatic heterocycles. The van der Waals surface area contributed by atoms with Gasteiger partial charge in [-0.25, -0.2) is 0 Å². The number of halogens is 1. The van der Waals surface area contributed by atoms with E-state index in [1.807, 2.05) is 19.9 Å². The molecule has 0 saturated carbocycles. The van der Waals surface area contributed by atoms with Gasteiger partial charge >= 0.3 is 0 Å². The number of hydrogen-bond donors (Lipinski definition) is 2. The largest absolute Gasteiger partial charge is 0.482 e. The molecule has 7 heteroatoms. The molecule has 0 aliphatic rings. The van der Waals surface area contributed by atoms with Gasteiger partial charge < -0.3 is 15.8 Å². The molecule has 1 heterocycles. The van der Waals surface area contributed by atoms with E-state index in [1.165, 1.54) is 11.3 Å². The van der Waals surface area contributed by atoms with Gasteiger partial charge in [0.15, 0.2) is 6.61 Å². The Kier molecular flexibility index (Phi) is 5.28. The highest BCUT2D eigenvalue weighted by molar-refractivity contribution is 7.16. The molecule has 0 unspecified atom stereocenters. The van der Waals surface area contributed by atoms with Crippen molar-refractivity contribution < 1.29 is 14.3 Å². The summed E-state index contributed by atoms with van der Waals surface area (Å²) in [5, 5.41) is 3.54. The maximum Gasteiger partial charge on any atom is 0.262 e. The fraction of sp³-hybridized carbons (Fsp3) is 0.250. The average Bonchev–Trinajstić information content (AvgIpc) is 2.74. The van der Waals surface area contributed by atoms with E-state index >= 15 is 0 Å². The van der Waals surface area contributed by atoms with E-state index in [1.54, 1.807) is 19.1 Å². The zero-order valence-electron chi connectivity index (χ0n) is 13.0. The van der Waals surface area contributed by atoms with Gasteiger partial charge in [0.2, 0.25) is 0 Å². The molecule has 0 radical (unpaired) electrons. The summed E-state index contributed by atoms with van der Waals surface area (Å²) in [7, 11) is 0. The number of carbonyl (C=O) groups is 2. The third kappa shape index (κ3) is 4.03. The van der Waals surface area contributed by atoms with Crippen LogP contribution in [0.1, 0.15) is 26.4 Å². The van der Waals surface area contributed by atoms with Gasteiger partial charge in [-0.05, 0) is 44.0 Å². The van der Waals surface area contributed by atoms with E-state index in [0.29, 0.717) is 21.3 Å². The first kappa shape index (κ1) is 17.3. The zero-order valence-corrected chi connectivity index (χ0v) is 14.6. The van der Waals surface area contributed by atoms with Crippen LogP contribution in [0.15, 0.2) is 18.2 Å². The molecule has 2 aromatic rings. The highest BCUT2D eigenvalue weighted by atomic mass is 35.5. The molecule has 0 fully saturated rings. The second kappa shape index (κ2) is 7.02. The topological polar surface area (TPSA) is 81.4 Å². The molecule has 23 heavy (non-hydrogen) atoms. The number of carbonyl (C=O) groups excluding carboxylic acids is 2. The number of benzene rings is 1. The number of primary amides is 1. The molecular formula is C16H17ClN2O3S. The zero-order chi connectivity index (χ0) is 17.1. The number of nitrogens with two attached hydrogens (primary N) is 1. The van der Waals surface area contributed by atoms with Crippen molar-refractivity contribution in [1.29, 1.82) is 0 Å². The Balaban J connectivity index is 2.07. The molecule has 0 saturated heterocycles. The third-order valence-electron chi connectivity index (χ3n) is 3.33. The van der Waals surface area contributed by atoms with Gasteiger partial charge in [-0.15, -0.1) is 11.3 Å². The van der Waals surface area contributed by atoms with Crippen LogP contribution in [0.2, 0.25) is 5.02 Å². The van der Waals surface area contributed by atoms with E-state index in [4.69, 9.17) is 22.1 Å². The highest BCUT2D eigenvalue weighted by Crippen LogP contribution is 2.32. The van der Waals surface area contributed by atoms with Crippen LogP contribution >= 0.6 is 22.9 Å². The average molecular weight is 353 g/mol. The Bertz CT molecular complexity index is 771. The third-order valence-corrected chi connectivity index (χ3v) is 4.77. The van der Waals surface area contributed by atoms with Crippen molar-refractivity contribution in [1.82, 2.24) is 0 Å². The Morgan fingerprint density at radius 2 is 2.00 bits per heavy atom. The minimum absolute atomic E-state index is 0.211. The van der Waals surface area contributed by atoms with Crippen LogP contribution in [-0.2, 0) is 4.79 Å². The van der Waals surface area contributed by atoms with Crippen molar-refractivity contribution in [2.24, 2.45) is 5.73 Å². The van der Waals surface area contributed by atoms with Gasteiger partial charge in [0, 0.05) is 4.88 Å². The molecule has 1 aromatic carbocycles. The van der Waals surface area contributed by atoms with Crippen LogP contribution in [-0.4, -0.2) is 18.4 Å². The number of aryl methyl sites for hydroxylation is 2. The summed E-state index contributed by atoms with van der Waals surface area (Å²) < 4.78 is 5.43. The van der Waals surface area contributed by atoms with E-state index in [0.717, 1.165) is 16.0 Å². The Morgan fingerprint density at radius 3 is 2.65 bits per heavy atom. The van der Waals surface area contributed by atoms with Crippen LogP contribution in [0.3, 0.4) is 0 Å². The number of nitrogens with one attached hydrogen (secondary N) is 1. The molecule has 0 aliphatic carbocycles. The fourth-order valence-corrected chi connectivity index (χ4v) is 3.29. The Morgan fingerprint density at radius 1 is 1.30 bits per heavy atom. The van der Waals surface area contributed by atoms with E-state index in [-0.39, 0.29) is 12.5 Å². The summed E-state index contributed by atoms with van der Waals surface area (Å²) in [5.74, 6) is -0.508. The number of anilines is 1. The predicted octanol–water partition coefficient (Wildman–Crippen LogP) is 3.44. The van der Waals surface area contributed by atoms with Crippen LogP contribution in [0, 0.1) is 20.8 Å². The van der Waals surface area contributed by atoms with Crippen LogP contribution < -0.4 is 15.8 Å². The summed E-state index contributed by atoms with van der Waals surface area (Å²) in [5.41, 5.74) is 7.47. The first-order chi connectivity index (χ1) is 10.8. The monoisotopic (exact) mass is 352 g/mol. The first-order valence-electron chi connectivity index (χ1n) is 6.88. The van der Waals surface area contributed by atoms with Crippen LogP contribution in [0.25, 0.3) is 0 Å². The van der Waals surface area contributed by atoms with Crippen molar-refractivity contribution in [3.05, 3.63) is 44.8 Å². The maximum atomic E-state index is 12.1. The highest BCUT2D eigenvalue weighted by Gasteiger charge is 2.19. The summed E-state index contributed by atoms with van der Waals surface area (Å²) in [4.78, 5) is 24.5. The van der Waals surface area contributed by atoms with Crippen molar-refractivity contribution in [2.45, 2.75) is 20.8 Å². The van der Waals surface area contributed by atoms with Gasteiger partial charge in [-0.1, -0.05) is 17.7 Å². The summed E-state index contributed by atoms with van der Waals surface area (Å²) >= 11 is 7.33. The Labute approximate surface area is 143 Å². The minimum Gasteiger partial charge on any atom is -0.482 e. The number of amides is 2. The van der Waals surface area contributed by atoms with Gasteiger partial charge in [0.25, 0.3) is 11.8 Å². The molecule has 0 atom stereocenters. The summed E-state index contributed by atoms with van der Waals surface area (Å²) in [6.45, 7) is 5.35. The van der Waals surface area contributed by atoms with Crippen molar-refractivity contribution in [2.75, 3.05) is 11.9 Å². The SMILES string of the molecule is Cc1ccc(Cl)c(OCC(=O)Nc2sc(C)c(C)c2C(N)=O)c1. The normalized spacial score (nSPS) is 10.4. The van der Waals surface area contributed by atoms with Gasteiger partial charge in [0.05, 0.1) is 10.6 Å². The lowest BCUT2D eigenvalue weighted by Crippen LogP contribution is -2.22. The summed E-state index contributed by atoms with van der Waals surface area (Å²) in [6, 6.07) is 5.32. The number of thiophene rings is 1. The summed E-state index contributed by atoms with van der Waals surface area (Å²) in [6.07, 6.45) is 0. The second-order valence-corrected chi connectivity index (χ2v) is 6.75. The molecular weight excluding hydrogens is 336 g/mol. The fourth-order valence-electron chi connectivity index (χ4n) is 2.04. The molecule has 2 amide bonds. The van der Waals surface area contributed by atoms with E-state index < -0.39 is 5.91 Å². The Hall–Kier alpha value is -2.05. The lowest BCUT2D eigenvalue weighted by Gasteiger charge is -2.09. The number of hydrogen-bond acceptors (Lipinski definition) is 4. The molecule has 0 spiro atoms. The van der Waals surface area contributed by atoms with Gasteiger partial charge in [-0.3, -0.25) is 9.59 Å². The molecule has 1 aromatic heterocycles. The quantitative estimate of drug-likeness (QED) is 0.864. The smallest absolute Gasteiger partial charge is 0.262 e. The number of rotatable bonds is 5. The van der Waals surface area contributed by atoms with Gasteiger partial charge in [-0.2, -0.15) is 0 Å². The predicted molar refractivity (Wildman–Crippen MR) is 92.6 cm³/mol. The lowest BCUT2D eigenvalue weighted by atomic mass is 10.1. The minimum atomic E-state index is -0.565. The molecule has 122 valence electrons. The molecule has 0 bridgehead atoms. The van der Waals surface area contributed by atoms with Crippen LogP contribution in [0.5, 0.6) is 5.75 Å². The van der Waals surface area contributed by atoms with Crippen molar-refractivity contribution in [3.8, 4) is 5.75 Å². The van der Waals surface area contributed by atoms with Crippen LogP contribution in [0.4, 0.5) is 5.00 Å². The van der Waals surface area contributed by atoms with E-state index in [2.05, 4.69) is 5.32 Å². The van der Waals surface area contributed by atoms with Gasteiger partial charge in [0.1, 0.15) is 10.8 Å². The maximum absolute atomic E-state index is 12.1. The first-order valence-corrected chi connectivity index (χ1v) is 8.07.